The number of amides is 6. The fourth-order valence-electron chi connectivity index (χ4n) is 4.29. The summed E-state index contributed by atoms with van der Waals surface area (Å²) in [4.78, 5) is 85.2. The van der Waals surface area contributed by atoms with E-state index in [0.717, 1.165) is 0 Å². The number of rotatable bonds is 19. The molecule has 1 aromatic carbocycles. The standard InChI is InChI=1S/C29H40N6O10/c1-18(36)45-17-19-8-10-20(11-9-19)32-27(42)21(6-5-14-31-29(30)44)34-28(43)22(16-26(40)41)33-23(37)7-3-2-4-15-35-24(38)12-13-25(35)39/h8-13,21-22,24,38H,2-7,14-17H2,1H3,(H,32,42)(H,33,37)(H,34,43)(H,40,41)(H3,30,31,44)/t21-,22-,24?/m0/s1. The van der Waals surface area contributed by atoms with Gasteiger partial charge in [0.25, 0.3) is 0 Å². The highest BCUT2D eigenvalue weighted by atomic mass is 16.5. The predicted molar refractivity (Wildman–Crippen MR) is 159 cm³/mol. The van der Waals surface area contributed by atoms with Crippen LogP contribution in [0.4, 0.5) is 10.5 Å². The van der Waals surface area contributed by atoms with Gasteiger partial charge in [0.1, 0.15) is 24.9 Å². The Labute approximate surface area is 259 Å². The Balaban J connectivity index is 1.97. The number of hydrogen-bond acceptors (Lipinski definition) is 9. The first-order valence-corrected chi connectivity index (χ1v) is 14.4. The van der Waals surface area contributed by atoms with Crippen molar-refractivity contribution in [1.82, 2.24) is 20.9 Å². The number of unbranched alkanes of at least 4 members (excludes halogenated alkanes) is 2. The molecule has 2 rings (SSSR count). The van der Waals surface area contributed by atoms with Crippen LogP contribution in [0.3, 0.4) is 0 Å². The van der Waals surface area contributed by atoms with Crippen LogP contribution in [0.25, 0.3) is 0 Å². The monoisotopic (exact) mass is 632 g/mol. The summed E-state index contributed by atoms with van der Waals surface area (Å²) in [7, 11) is 0. The molecule has 0 bridgehead atoms. The lowest BCUT2D eigenvalue weighted by molar-refractivity contribution is -0.142. The Morgan fingerprint density at radius 3 is 2.29 bits per heavy atom. The highest BCUT2D eigenvalue weighted by molar-refractivity contribution is 5.99. The number of aliphatic hydroxyl groups excluding tert-OH is 1. The number of carbonyl (C=O) groups excluding carboxylic acids is 6. The van der Waals surface area contributed by atoms with Gasteiger partial charge in [-0.05, 0) is 49.5 Å². The number of carboxylic acids is 1. The molecule has 0 aliphatic carbocycles. The number of nitrogens with two attached hydrogens (primary N) is 1. The molecule has 16 heteroatoms. The Bertz CT molecular complexity index is 1250. The second-order valence-electron chi connectivity index (χ2n) is 10.3. The molecule has 246 valence electrons. The molecular weight excluding hydrogens is 592 g/mol. The van der Waals surface area contributed by atoms with Crippen LogP contribution in [0, 0.1) is 0 Å². The maximum absolute atomic E-state index is 13.1. The van der Waals surface area contributed by atoms with Crippen molar-refractivity contribution in [2.45, 2.75) is 76.8 Å². The van der Waals surface area contributed by atoms with Crippen molar-refractivity contribution in [3.8, 4) is 0 Å². The zero-order valence-electron chi connectivity index (χ0n) is 25.0. The zero-order valence-corrected chi connectivity index (χ0v) is 25.0. The summed E-state index contributed by atoms with van der Waals surface area (Å²) in [5, 5.41) is 29.0. The first-order chi connectivity index (χ1) is 21.3. The molecule has 45 heavy (non-hydrogen) atoms. The van der Waals surface area contributed by atoms with E-state index >= 15 is 0 Å². The van der Waals surface area contributed by atoms with Crippen molar-refractivity contribution in [3.05, 3.63) is 42.0 Å². The number of primary amides is 1. The second kappa shape index (κ2) is 18.6. The van der Waals surface area contributed by atoms with Crippen molar-refractivity contribution in [2.24, 2.45) is 5.73 Å². The summed E-state index contributed by atoms with van der Waals surface area (Å²) in [6.45, 7) is 1.74. The molecule has 0 aromatic heterocycles. The van der Waals surface area contributed by atoms with Crippen LogP contribution in [0.15, 0.2) is 36.4 Å². The van der Waals surface area contributed by atoms with Crippen molar-refractivity contribution in [3.63, 3.8) is 0 Å². The zero-order chi connectivity index (χ0) is 33.4. The van der Waals surface area contributed by atoms with E-state index in [4.69, 9.17) is 10.5 Å². The molecule has 0 spiro atoms. The number of carbonyl (C=O) groups is 7. The van der Waals surface area contributed by atoms with Gasteiger partial charge in [0.15, 0.2) is 0 Å². The number of urea groups is 1. The van der Waals surface area contributed by atoms with Gasteiger partial charge in [0.05, 0.1) is 6.42 Å². The van der Waals surface area contributed by atoms with Crippen molar-refractivity contribution in [2.75, 3.05) is 18.4 Å². The topological polar surface area (TPSA) is 247 Å². The molecular formula is C29H40N6O10. The highest BCUT2D eigenvalue weighted by Crippen LogP contribution is 2.13. The number of anilines is 1. The summed E-state index contributed by atoms with van der Waals surface area (Å²) < 4.78 is 4.93. The number of ether oxygens (including phenoxy) is 1. The van der Waals surface area contributed by atoms with Crippen LogP contribution < -0.4 is 27.0 Å². The van der Waals surface area contributed by atoms with Gasteiger partial charge in [-0.15, -0.1) is 0 Å². The SMILES string of the molecule is CC(=O)OCc1ccc(NC(=O)[C@H](CCCNC(N)=O)NC(=O)[C@H](CC(=O)O)NC(=O)CCCCCN2C(=O)C=CC2O)cc1. The lowest BCUT2D eigenvalue weighted by Crippen LogP contribution is -2.53. The van der Waals surface area contributed by atoms with Gasteiger partial charge >= 0.3 is 18.0 Å². The van der Waals surface area contributed by atoms with Crippen molar-refractivity contribution < 1.29 is 48.5 Å². The Morgan fingerprint density at radius 2 is 1.69 bits per heavy atom. The minimum Gasteiger partial charge on any atom is -0.481 e. The van der Waals surface area contributed by atoms with Crippen LogP contribution in [0.1, 0.15) is 57.4 Å². The molecule has 16 nitrogen and oxygen atoms in total. The molecule has 1 aromatic rings. The van der Waals surface area contributed by atoms with Crippen LogP contribution in [-0.4, -0.2) is 88.1 Å². The van der Waals surface area contributed by atoms with Gasteiger partial charge in [0, 0.05) is 38.2 Å². The summed E-state index contributed by atoms with van der Waals surface area (Å²) in [5.41, 5.74) is 6.12. The number of hydrogen-bond donors (Lipinski definition) is 7. The molecule has 6 amide bonds. The molecule has 1 unspecified atom stereocenters. The number of benzene rings is 1. The summed E-state index contributed by atoms with van der Waals surface area (Å²) >= 11 is 0. The number of aliphatic carboxylic acids is 1. The molecule has 1 heterocycles. The van der Waals surface area contributed by atoms with Gasteiger partial charge < -0.3 is 46.9 Å². The third kappa shape index (κ3) is 13.9. The largest absolute Gasteiger partial charge is 0.481 e. The molecule has 8 N–H and O–H groups in total. The van der Waals surface area contributed by atoms with Crippen molar-refractivity contribution in [1.29, 1.82) is 0 Å². The molecule has 1 aliphatic rings. The van der Waals surface area contributed by atoms with E-state index in [-0.39, 0.29) is 38.3 Å². The molecule has 0 radical (unpaired) electrons. The third-order valence-electron chi connectivity index (χ3n) is 6.61. The number of nitrogens with one attached hydrogen (secondary N) is 4. The molecule has 0 saturated carbocycles. The number of esters is 1. The molecule has 1 aliphatic heterocycles. The van der Waals surface area contributed by atoms with E-state index in [9.17, 15) is 43.8 Å². The van der Waals surface area contributed by atoms with Gasteiger partial charge in [0.2, 0.25) is 23.6 Å². The third-order valence-corrected chi connectivity index (χ3v) is 6.61. The van der Waals surface area contributed by atoms with E-state index in [2.05, 4.69) is 21.3 Å². The van der Waals surface area contributed by atoms with Gasteiger partial charge in [-0.25, -0.2) is 4.79 Å². The van der Waals surface area contributed by atoms with E-state index in [0.29, 0.717) is 37.1 Å². The number of aliphatic hydroxyl groups is 1. The second-order valence-corrected chi connectivity index (χ2v) is 10.3. The fraction of sp³-hybridized carbons (Fsp3) is 0.483. The summed E-state index contributed by atoms with van der Waals surface area (Å²) in [6, 6.07) is 3.00. The normalized spacial score (nSPS) is 15.1. The quantitative estimate of drug-likeness (QED) is 0.0785. The average molecular weight is 633 g/mol. The van der Waals surface area contributed by atoms with Crippen LogP contribution in [0.5, 0.6) is 0 Å². The summed E-state index contributed by atoms with van der Waals surface area (Å²) in [6.07, 6.45) is 2.65. The Morgan fingerprint density at radius 1 is 0.978 bits per heavy atom. The number of carboxylic acid groups (broad SMARTS) is 1. The van der Waals surface area contributed by atoms with Gasteiger partial charge in [-0.3, -0.25) is 28.8 Å². The van der Waals surface area contributed by atoms with Crippen LogP contribution in [-0.2, 0) is 40.1 Å². The van der Waals surface area contributed by atoms with E-state index in [1.54, 1.807) is 24.3 Å². The Hall–Kier alpha value is -4.99. The lowest BCUT2D eigenvalue weighted by Gasteiger charge is -2.23. The maximum Gasteiger partial charge on any atom is 0.312 e. The van der Waals surface area contributed by atoms with Crippen LogP contribution in [0.2, 0.25) is 0 Å². The molecule has 0 fully saturated rings. The van der Waals surface area contributed by atoms with Gasteiger partial charge in [-0.2, -0.15) is 0 Å². The predicted octanol–water partition coefficient (Wildman–Crippen LogP) is -0.142. The smallest absolute Gasteiger partial charge is 0.312 e. The number of nitrogens with zero attached hydrogens (tertiary/aromatic N) is 1. The maximum atomic E-state index is 13.1. The first kappa shape index (κ1) is 36.2. The minimum atomic E-state index is -1.47. The Kier molecular flexibility index (Phi) is 15.0. The summed E-state index contributed by atoms with van der Waals surface area (Å²) in [5.74, 6) is -4.19. The van der Waals surface area contributed by atoms with E-state index in [1.165, 1.54) is 24.0 Å². The van der Waals surface area contributed by atoms with E-state index < -0.39 is 60.4 Å². The van der Waals surface area contributed by atoms with Crippen LogP contribution >= 0.6 is 0 Å². The fourth-order valence-corrected chi connectivity index (χ4v) is 4.29. The highest BCUT2D eigenvalue weighted by Gasteiger charge is 2.28. The van der Waals surface area contributed by atoms with Crippen molar-refractivity contribution >= 4 is 47.3 Å². The first-order valence-electron chi connectivity index (χ1n) is 14.4. The lowest BCUT2D eigenvalue weighted by atomic mass is 10.1. The molecule has 3 atom stereocenters. The average Bonchev–Trinajstić information content (AvgIpc) is 3.29. The minimum absolute atomic E-state index is 0.0195. The molecule has 0 saturated heterocycles. The van der Waals surface area contributed by atoms with E-state index in [1.807, 2.05) is 0 Å². The van der Waals surface area contributed by atoms with Gasteiger partial charge in [-0.1, -0.05) is 18.6 Å².